The molecule has 2 aromatic rings. The standard InChI is InChI=1S/C10H11ClN4O/c11-7-3-1-2-4-8(7)15-9(5-6-12)13-14-10(15)16/h1-4H,5-6,12H2,(H,14,16). The summed E-state index contributed by atoms with van der Waals surface area (Å²) >= 11 is 6.03. The third kappa shape index (κ3) is 1.87. The van der Waals surface area contributed by atoms with E-state index >= 15 is 0 Å². The number of nitrogens with one attached hydrogen (secondary N) is 1. The maximum absolute atomic E-state index is 11.6. The summed E-state index contributed by atoms with van der Waals surface area (Å²) in [6.07, 6.45) is 0.518. The summed E-state index contributed by atoms with van der Waals surface area (Å²) in [4.78, 5) is 11.6. The second-order valence-electron chi connectivity index (χ2n) is 3.27. The fourth-order valence-corrected chi connectivity index (χ4v) is 1.73. The van der Waals surface area contributed by atoms with Crippen LogP contribution in [0.25, 0.3) is 5.69 Å². The zero-order valence-corrected chi connectivity index (χ0v) is 9.24. The third-order valence-electron chi connectivity index (χ3n) is 2.20. The van der Waals surface area contributed by atoms with Crippen molar-refractivity contribution in [2.24, 2.45) is 5.73 Å². The third-order valence-corrected chi connectivity index (χ3v) is 2.52. The molecule has 0 atom stereocenters. The van der Waals surface area contributed by atoms with Crippen molar-refractivity contribution < 1.29 is 0 Å². The first kappa shape index (κ1) is 10.9. The SMILES string of the molecule is NCCc1n[nH]c(=O)n1-c1ccccc1Cl. The van der Waals surface area contributed by atoms with E-state index in [0.29, 0.717) is 29.5 Å². The van der Waals surface area contributed by atoms with Crippen LogP contribution in [0, 0.1) is 0 Å². The molecule has 0 amide bonds. The molecule has 0 saturated heterocycles. The van der Waals surface area contributed by atoms with Crippen LogP contribution in [0.4, 0.5) is 0 Å². The van der Waals surface area contributed by atoms with Gasteiger partial charge >= 0.3 is 5.69 Å². The van der Waals surface area contributed by atoms with E-state index in [-0.39, 0.29) is 5.69 Å². The molecule has 6 heteroatoms. The number of rotatable bonds is 3. The van der Waals surface area contributed by atoms with Crippen LogP contribution >= 0.6 is 11.6 Å². The first-order valence-corrected chi connectivity index (χ1v) is 5.23. The van der Waals surface area contributed by atoms with Crippen LogP contribution in [0.2, 0.25) is 5.02 Å². The Hall–Kier alpha value is -1.59. The summed E-state index contributed by atoms with van der Waals surface area (Å²) in [6, 6.07) is 7.11. The Morgan fingerprint density at radius 3 is 2.88 bits per heavy atom. The van der Waals surface area contributed by atoms with Crippen molar-refractivity contribution >= 4 is 11.6 Å². The van der Waals surface area contributed by atoms with Gasteiger partial charge in [0.2, 0.25) is 0 Å². The highest BCUT2D eigenvalue weighted by Gasteiger charge is 2.11. The molecule has 16 heavy (non-hydrogen) atoms. The van der Waals surface area contributed by atoms with E-state index in [1.165, 1.54) is 4.57 Å². The molecule has 0 fully saturated rings. The molecule has 1 heterocycles. The maximum atomic E-state index is 11.6. The van der Waals surface area contributed by atoms with Crippen LogP contribution in [0.3, 0.4) is 0 Å². The molecule has 3 N–H and O–H groups in total. The summed E-state index contributed by atoms with van der Waals surface area (Å²) in [7, 11) is 0. The van der Waals surface area contributed by atoms with Gasteiger partial charge in [-0.05, 0) is 18.7 Å². The fourth-order valence-electron chi connectivity index (χ4n) is 1.51. The van der Waals surface area contributed by atoms with Crippen molar-refractivity contribution in [3.05, 3.63) is 45.6 Å². The van der Waals surface area contributed by atoms with Crippen molar-refractivity contribution in [2.75, 3.05) is 6.54 Å². The molecule has 0 bridgehead atoms. The molecule has 2 rings (SSSR count). The Bertz CT molecular complexity index is 546. The zero-order chi connectivity index (χ0) is 11.5. The largest absolute Gasteiger partial charge is 0.347 e. The van der Waals surface area contributed by atoms with Gasteiger partial charge in [0.05, 0.1) is 10.7 Å². The summed E-state index contributed by atoms with van der Waals surface area (Å²) in [5, 5.41) is 6.80. The van der Waals surface area contributed by atoms with Gasteiger partial charge in [-0.1, -0.05) is 23.7 Å². The Morgan fingerprint density at radius 1 is 1.44 bits per heavy atom. The lowest BCUT2D eigenvalue weighted by molar-refractivity contribution is 0.824. The zero-order valence-electron chi connectivity index (χ0n) is 8.48. The van der Waals surface area contributed by atoms with Crippen LogP contribution in [0.5, 0.6) is 0 Å². The molecule has 1 aromatic carbocycles. The summed E-state index contributed by atoms with van der Waals surface area (Å²) in [5.74, 6) is 0.584. The van der Waals surface area contributed by atoms with Gasteiger partial charge in [-0.25, -0.2) is 14.5 Å². The highest BCUT2D eigenvalue weighted by atomic mass is 35.5. The van der Waals surface area contributed by atoms with Crippen molar-refractivity contribution in [3.63, 3.8) is 0 Å². The number of aromatic nitrogens is 3. The van der Waals surface area contributed by atoms with Crippen molar-refractivity contribution in [1.29, 1.82) is 0 Å². The lowest BCUT2D eigenvalue weighted by Gasteiger charge is -2.06. The lowest BCUT2D eigenvalue weighted by atomic mass is 10.3. The average molecular weight is 239 g/mol. The minimum Gasteiger partial charge on any atom is -0.330 e. The number of hydrogen-bond donors (Lipinski definition) is 2. The van der Waals surface area contributed by atoms with E-state index in [9.17, 15) is 4.79 Å². The number of aromatic amines is 1. The molecular weight excluding hydrogens is 228 g/mol. The molecule has 1 aromatic heterocycles. The van der Waals surface area contributed by atoms with E-state index in [4.69, 9.17) is 17.3 Å². The first-order valence-electron chi connectivity index (χ1n) is 4.85. The predicted molar refractivity (Wildman–Crippen MR) is 62.0 cm³/mol. The summed E-state index contributed by atoms with van der Waals surface area (Å²) in [5.41, 5.74) is 5.76. The Labute approximate surface area is 96.8 Å². The second kappa shape index (κ2) is 4.51. The maximum Gasteiger partial charge on any atom is 0.347 e. The predicted octanol–water partition coefficient (Wildman–Crippen LogP) is 0.715. The number of para-hydroxylation sites is 1. The van der Waals surface area contributed by atoms with Gasteiger partial charge in [0.1, 0.15) is 5.82 Å². The number of H-pyrrole nitrogens is 1. The Kier molecular flexibility index (Phi) is 3.07. The van der Waals surface area contributed by atoms with Crippen molar-refractivity contribution in [3.8, 4) is 5.69 Å². The monoisotopic (exact) mass is 238 g/mol. The smallest absolute Gasteiger partial charge is 0.330 e. The molecule has 0 radical (unpaired) electrons. The van der Waals surface area contributed by atoms with E-state index in [1.807, 2.05) is 6.07 Å². The molecule has 0 aliphatic heterocycles. The van der Waals surface area contributed by atoms with Crippen molar-refractivity contribution in [1.82, 2.24) is 14.8 Å². The number of nitrogens with zero attached hydrogens (tertiary/aromatic N) is 2. The highest BCUT2D eigenvalue weighted by molar-refractivity contribution is 6.32. The van der Waals surface area contributed by atoms with E-state index in [2.05, 4.69) is 10.2 Å². The van der Waals surface area contributed by atoms with Gasteiger partial charge in [0.25, 0.3) is 0 Å². The fraction of sp³-hybridized carbons (Fsp3) is 0.200. The number of nitrogens with two attached hydrogens (primary N) is 1. The van der Waals surface area contributed by atoms with Crippen LogP contribution in [0.15, 0.2) is 29.1 Å². The molecule has 5 nitrogen and oxygen atoms in total. The van der Waals surface area contributed by atoms with Gasteiger partial charge in [-0.2, -0.15) is 5.10 Å². The Balaban J connectivity index is 2.59. The van der Waals surface area contributed by atoms with Gasteiger partial charge in [0, 0.05) is 6.42 Å². The quantitative estimate of drug-likeness (QED) is 0.827. The minimum atomic E-state index is -0.309. The second-order valence-corrected chi connectivity index (χ2v) is 3.68. The Morgan fingerprint density at radius 2 is 2.19 bits per heavy atom. The van der Waals surface area contributed by atoms with Crippen LogP contribution in [-0.4, -0.2) is 21.3 Å². The number of benzene rings is 1. The number of halogens is 1. The van der Waals surface area contributed by atoms with Gasteiger partial charge in [0.15, 0.2) is 0 Å². The topological polar surface area (TPSA) is 76.7 Å². The summed E-state index contributed by atoms with van der Waals surface area (Å²) < 4.78 is 1.44. The lowest BCUT2D eigenvalue weighted by Crippen LogP contribution is -2.18. The average Bonchev–Trinajstić information content (AvgIpc) is 2.62. The highest BCUT2D eigenvalue weighted by Crippen LogP contribution is 2.18. The van der Waals surface area contributed by atoms with E-state index < -0.39 is 0 Å². The van der Waals surface area contributed by atoms with E-state index in [0.717, 1.165) is 0 Å². The van der Waals surface area contributed by atoms with Crippen LogP contribution < -0.4 is 11.4 Å². The van der Waals surface area contributed by atoms with Crippen LogP contribution in [0.1, 0.15) is 5.82 Å². The first-order chi connectivity index (χ1) is 7.74. The molecule has 0 aliphatic carbocycles. The molecule has 0 saturated carbocycles. The molecule has 0 spiro atoms. The van der Waals surface area contributed by atoms with E-state index in [1.54, 1.807) is 18.2 Å². The van der Waals surface area contributed by atoms with Crippen LogP contribution in [-0.2, 0) is 6.42 Å². The molecule has 84 valence electrons. The number of hydrogen-bond acceptors (Lipinski definition) is 3. The molecular formula is C10H11ClN4O. The van der Waals surface area contributed by atoms with Gasteiger partial charge < -0.3 is 5.73 Å². The molecule has 0 aliphatic rings. The van der Waals surface area contributed by atoms with Gasteiger partial charge in [-0.3, -0.25) is 0 Å². The minimum absolute atomic E-state index is 0.309. The van der Waals surface area contributed by atoms with Gasteiger partial charge in [-0.15, -0.1) is 0 Å². The molecule has 0 unspecified atom stereocenters. The normalized spacial score (nSPS) is 10.6. The van der Waals surface area contributed by atoms with Crippen molar-refractivity contribution in [2.45, 2.75) is 6.42 Å². The summed E-state index contributed by atoms with van der Waals surface area (Å²) in [6.45, 7) is 0.425.